The lowest BCUT2D eigenvalue weighted by atomic mass is 10.1. The highest BCUT2D eigenvalue weighted by molar-refractivity contribution is 5.86. The first kappa shape index (κ1) is 16.9. The van der Waals surface area contributed by atoms with Gasteiger partial charge in [0.25, 0.3) is 0 Å². The molecule has 1 N–H and O–H groups in total. The molecule has 2 saturated heterocycles. The minimum Gasteiger partial charge on any atom is -0.367 e. The predicted molar refractivity (Wildman–Crippen MR) is 85.7 cm³/mol. The molecule has 2 atom stereocenters. The van der Waals surface area contributed by atoms with E-state index in [1.165, 1.54) is 12.1 Å². The Labute approximate surface area is 140 Å². The molecule has 6 nitrogen and oxygen atoms in total. The SMILES string of the molecule is C[C@@H]1CN(C(=O)CN2CCNCC2=O)C[C@H](c2ccc(F)cc2)O1. The van der Waals surface area contributed by atoms with E-state index in [0.717, 1.165) is 5.56 Å². The highest BCUT2D eigenvalue weighted by atomic mass is 19.1. The molecular weight excluding hydrogens is 313 g/mol. The summed E-state index contributed by atoms with van der Waals surface area (Å²) in [6.45, 7) is 4.45. The van der Waals surface area contributed by atoms with E-state index in [4.69, 9.17) is 4.74 Å². The third-order valence-electron chi connectivity index (χ3n) is 4.37. The van der Waals surface area contributed by atoms with Crippen LogP contribution in [0.3, 0.4) is 0 Å². The summed E-state index contributed by atoms with van der Waals surface area (Å²) in [5.74, 6) is -0.425. The molecule has 0 spiro atoms. The number of benzene rings is 1. The summed E-state index contributed by atoms with van der Waals surface area (Å²) in [5, 5.41) is 2.99. The summed E-state index contributed by atoms with van der Waals surface area (Å²) in [7, 11) is 0. The highest BCUT2D eigenvalue weighted by Gasteiger charge is 2.31. The molecule has 2 aliphatic rings. The van der Waals surface area contributed by atoms with Crippen LogP contribution >= 0.6 is 0 Å². The Hall–Kier alpha value is -1.99. The molecule has 0 radical (unpaired) electrons. The quantitative estimate of drug-likeness (QED) is 0.876. The van der Waals surface area contributed by atoms with Crippen LogP contribution in [0.15, 0.2) is 24.3 Å². The summed E-state index contributed by atoms with van der Waals surface area (Å²) in [5.41, 5.74) is 0.846. The van der Waals surface area contributed by atoms with Crippen molar-refractivity contribution >= 4 is 11.8 Å². The Morgan fingerprint density at radius 3 is 2.79 bits per heavy atom. The van der Waals surface area contributed by atoms with Gasteiger partial charge in [-0.1, -0.05) is 12.1 Å². The first-order chi connectivity index (χ1) is 11.5. The number of halogens is 1. The molecule has 24 heavy (non-hydrogen) atoms. The number of nitrogens with zero attached hydrogens (tertiary/aromatic N) is 2. The molecule has 0 bridgehead atoms. The predicted octanol–water partition coefficient (Wildman–Crippen LogP) is 0.546. The van der Waals surface area contributed by atoms with Crippen LogP contribution in [0.4, 0.5) is 4.39 Å². The van der Waals surface area contributed by atoms with Crippen molar-refractivity contribution in [2.75, 3.05) is 39.3 Å². The summed E-state index contributed by atoms with van der Waals surface area (Å²) in [4.78, 5) is 27.7. The Morgan fingerprint density at radius 2 is 2.08 bits per heavy atom. The van der Waals surface area contributed by atoms with E-state index in [0.29, 0.717) is 26.2 Å². The van der Waals surface area contributed by atoms with Gasteiger partial charge in [0, 0.05) is 19.6 Å². The third-order valence-corrected chi connectivity index (χ3v) is 4.37. The molecule has 2 heterocycles. The van der Waals surface area contributed by atoms with E-state index in [-0.39, 0.29) is 42.9 Å². The van der Waals surface area contributed by atoms with E-state index in [2.05, 4.69) is 5.32 Å². The number of nitrogens with one attached hydrogen (secondary N) is 1. The van der Waals surface area contributed by atoms with Crippen molar-refractivity contribution in [3.63, 3.8) is 0 Å². The van der Waals surface area contributed by atoms with Gasteiger partial charge in [0.15, 0.2) is 0 Å². The largest absolute Gasteiger partial charge is 0.367 e. The number of morpholine rings is 1. The number of rotatable bonds is 3. The van der Waals surface area contributed by atoms with Crippen LogP contribution in [0, 0.1) is 5.82 Å². The van der Waals surface area contributed by atoms with Gasteiger partial charge in [0.05, 0.1) is 25.7 Å². The number of carbonyl (C=O) groups is 2. The Kier molecular flexibility index (Phi) is 5.11. The van der Waals surface area contributed by atoms with E-state index < -0.39 is 0 Å². The van der Waals surface area contributed by atoms with Crippen molar-refractivity contribution in [2.24, 2.45) is 0 Å². The lowest BCUT2D eigenvalue weighted by Crippen LogP contribution is -2.54. The number of ether oxygens (including phenoxy) is 1. The van der Waals surface area contributed by atoms with Gasteiger partial charge in [0.2, 0.25) is 11.8 Å². The normalized spacial score (nSPS) is 25.0. The average molecular weight is 335 g/mol. The van der Waals surface area contributed by atoms with Gasteiger partial charge in [-0.2, -0.15) is 0 Å². The second-order valence-corrected chi connectivity index (χ2v) is 6.28. The molecule has 0 unspecified atom stereocenters. The van der Waals surface area contributed by atoms with Gasteiger partial charge < -0.3 is 19.9 Å². The molecular formula is C17H22FN3O3. The average Bonchev–Trinajstić information content (AvgIpc) is 2.57. The van der Waals surface area contributed by atoms with Crippen LogP contribution in [-0.2, 0) is 14.3 Å². The topological polar surface area (TPSA) is 61.9 Å². The maximum Gasteiger partial charge on any atom is 0.242 e. The minimum atomic E-state index is -0.298. The second-order valence-electron chi connectivity index (χ2n) is 6.28. The van der Waals surface area contributed by atoms with Gasteiger partial charge >= 0.3 is 0 Å². The molecule has 2 aliphatic heterocycles. The fraction of sp³-hybridized carbons (Fsp3) is 0.529. The molecule has 1 aromatic carbocycles. The minimum absolute atomic E-state index is 0.0500. The van der Waals surface area contributed by atoms with Gasteiger partial charge in [-0.15, -0.1) is 0 Å². The van der Waals surface area contributed by atoms with E-state index in [1.54, 1.807) is 21.9 Å². The fourth-order valence-electron chi connectivity index (χ4n) is 3.09. The van der Waals surface area contributed by atoms with E-state index in [9.17, 15) is 14.0 Å². The van der Waals surface area contributed by atoms with Gasteiger partial charge in [0.1, 0.15) is 11.9 Å². The number of carbonyl (C=O) groups excluding carboxylic acids is 2. The zero-order valence-electron chi connectivity index (χ0n) is 13.7. The molecule has 0 saturated carbocycles. The molecule has 2 amide bonds. The van der Waals surface area contributed by atoms with Crippen molar-refractivity contribution in [3.05, 3.63) is 35.6 Å². The van der Waals surface area contributed by atoms with Crippen LogP contribution in [-0.4, -0.2) is 67.0 Å². The number of hydrogen-bond acceptors (Lipinski definition) is 4. The molecule has 3 rings (SSSR count). The van der Waals surface area contributed by atoms with Crippen molar-refractivity contribution < 1.29 is 18.7 Å². The number of piperazine rings is 1. The van der Waals surface area contributed by atoms with Crippen molar-refractivity contribution in [3.8, 4) is 0 Å². The van der Waals surface area contributed by atoms with Gasteiger partial charge in [-0.3, -0.25) is 9.59 Å². The van der Waals surface area contributed by atoms with Crippen molar-refractivity contribution in [1.29, 1.82) is 0 Å². The highest BCUT2D eigenvalue weighted by Crippen LogP contribution is 2.25. The van der Waals surface area contributed by atoms with E-state index >= 15 is 0 Å². The van der Waals surface area contributed by atoms with Crippen molar-refractivity contribution in [1.82, 2.24) is 15.1 Å². The lowest BCUT2D eigenvalue weighted by Gasteiger charge is -2.38. The summed E-state index contributed by atoms with van der Waals surface area (Å²) in [6, 6.07) is 6.15. The lowest BCUT2D eigenvalue weighted by molar-refractivity contribution is -0.150. The maximum absolute atomic E-state index is 13.1. The summed E-state index contributed by atoms with van der Waals surface area (Å²) in [6.07, 6.45) is -0.395. The maximum atomic E-state index is 13.1. The molecule has 7 heteroatoms. The first-order valence-electron chi connectivity index (χ1n) is 8.20. The van der Waals surface area contributed by atoms with Crippen molar-refractivity contribution in [2.45, 2.75) is 19.1 Å². The van der Waals surface area contributed by atoms with Crippen LogP contribution < -0.4 is 5.32 Å². The van der Waals surface area contributed by atoms with Crippen LogP contribution in [0.25, 0.3) is 0 Å². The van der Waals surface area contributed by atoms with E-state index in [1.807, 2.05) is 6.92 Å². The molecule has 2 fully saturated rings. The van der Waals surface area contributed by atoms with Crippen LogP contribution in [0.2, 0.25) is 0 Å². The Bertz CT molecular complexity index is 608. The van der Waals surface area contributed by atoms with Gasteiger partial charge in [-0.05, 0) is 24.6 Å². The standard InChI is InChI=1S/C17H22FN3O3/c1-12-9-21(17(23)11-20-7-6-19-8-16(20)22)10-15(24-12)13-2-4-14(18)5-3-13/h2-5,12,15,19H,6-11H2,1H3/t12-,15-/m1/s1. The van der Waals surface area contributed by atoms with Crippen LogP contribution in [0.1, 0.15) is 18.6 Å². The zero-order valence-corrected chi connectivity index (χ0v) is 13.7. The summed E-state index contributed by atoms with van der Waals surface area (Å²) >= 11 is 0. The fourth-order valence-corrected chi connectivity index (χ4v) is 3.09. The number of amides is 2. The molecule has 1 aromatic rings. The summed E-state index contributed by atoms with van der Waals surface area (Å²) < 4.78 is 19.0. The Morgan fingerprint density at radius 1 is 1.33 bits per heavy atom. The monoisotopic (exact) mass is 335 g/mol. The molecule has 0 aromatic heterocycles. The zero-order chi connectivity index (χ0) is 17.1. The van der Waals surface area contributed by atoms with Crippen LogP contribution in [0.5, 0.6) is 0 Å². The smallest absolute Gasteiger partial charge is 0.242 e. The first-order valence-corrected chi connectivity index (χ1v) is 8.20. The second kappa shape index (κ2) is 7.27. The molecule has 130 valence electrons. The molecule has 0 aliphatic carbocycles. The Balaban J connectivity index is 1.65. The number of hydrogen-bond donors (Lipinski definition) is 1. The third kappa shape index (κ3) is 3.91. The van der Waals surface area contributed by atoms with Gasteiger partial charge in [-0.25, -0.2) is 4.39 Å².